The third-order valence-corrected chi connectivity index (χ3v) is 3.51. The van der Waals surface area contributed by atoms with Gasteiger partial charge in [0.2, 0.25) is 0 Å². The highest BCUT2D eigenvalue weighted by atomic mass is 16.4. The van der Waals surface area contributed by atoms with Crippen LogP contribution in [0.1, 0.15) is 12.5 Å². The van der Waals surface area contributed by atoms with Crippen LogP contribution in [0.4, 0.5) is 0 Å². The maximum Gasteiger partial charge on any atom is 0.307 e. The van der Waals surface area contributed by atoms with Crippen molar-refractivity contribution in [2.75, 3.05) is 0 Å². The van der Waals surface area contributed by atoms with E-state index >= 15 is 0 Å². The molecule has 96 valence electrons. The number of aromatic nitrogens is 1. The Hall–Kier alpha value is -2.29. The molecule has 0 aliphatic carbocycles. The number of rotatable bonds is 3. The lowest BCUT2D eigenvalue weighted by atomic mass is 10.1. The van der Waals surface area contributed by atoms with E-state index in [4.69, 9.17) is 5.11 Å². The summed E-state index contributed by atoms with van der Waals surface area (Å²) in [6, 6.07) is 14.2. The molecule has 0 atom stereocenters. The van der Waals surface area contributed by atoms with Crippen LogP contribution in [0.2, 0.25) is 0 Å². The first-order valence-electron chi connectivity index (χ1n) is 6.42. The minimum Gasteiger partial charge on any atom is -0.481 e. The van der Waals surface area contributed by atoms with Crippen molar-refractivity contribution >= 4 is 27.8 Å². The van der Waals surface area contributed by atoms with Crippen molar-refractivity contribution in [2.24, 2.45) is 0 Å². The largest absolute Gasteiger partial charge is 0.481 e. The van der Waals surface area contributed by atoms with E-state index in [1.165, 1.54) is 10.9 Å². The van der Waals surface area contributed by atoms with Crippen LogP contribution < -0.4 is 0 Å². The van der Waals surface area contributed by atoms with E-state index in [0.29, 0.717) is 0 Å². The minimum absolute atomic E-state index is 0.0710. The van der Waals surface area contributed by atoms with Gasteiger partial charge in [0.25, 0.3) is 0 Å². The first-order valence-corrected chi connectivity index (χ1v) is 6.42. The van der Waals surface area contributed by atoms with Crippen molar-refractivity contribution in [2.45, 2.75) is 19.9 Å². The Bertz CT molecular complexity index is 771. The van der Waals surface area contributed by atoms with Gasteiger partial charge in [-0.25, -0.2) is 0 Å². The van der Waals surface area contributed by atoms with Crippen molar-refractivity contribution in [1.82, 2.24) is 4.57 Å². The first kappa shape index (κ1) is 11.8. The number of hydrogen-bond acceptors (Lipinski definition) is 1. The fourth-order valence-electron chi connectivity index (χ4n) is 2.73. The minimum atomic E-state index is -0.793. The first-order chi connectivity index (χ1) is 9.20. The Morgan fingerprint density at radius 2 is 1.84 bits per heavy atom. The third-order valence-electron chi connectivity index (χ3n) is 3.51. The highest BCUT2D eigenvalue weighted by Crippen LogP contribution is 2.29. The Labute approximate surface area is 111 Å². The van der Waals surface area contributed by atoms with Gasteiger partial charge in [-0.1, -0.05) is 24.3 Å². The van der Waals surface area contributed by atoms with E-state index in [1.807, 2.05) is 30.3 Å². The van der Waals surface area contributed by atoms with E-state index in [2.05, 4.69) is 23.6 Å². The van der Waals surface area contributed by atoms with Crippen LogP contribution in [0.5, 0.6) is 0 Å². The Balaban J connectivity index is 2.33. The van der Waals surface area contributed by atoms with Crippen molar-refractivity contribution < 1.29 is 9.90 Å². The van der Waals surface area contributed by atoms with Gasteiger partial charge in [-0.2, -0.15) is 0 Å². The Morgan fingerprint density at radius 3 is 2.58 bits per heavy atom. The molecule has 3 heteroatoms. The fraction of sp³-hybridized carbons (Fsp3) is 0.188. The van der Waals surface area contributed by atoms with Gasteiger partial charge in [0, 0.05) is 28.4 Å². The average Bonchev–Trinajstić information content (AvgIpc) is 2.71. The molecule has 0 aliphatic rings. The summed E-state index contributed by atoms with van der Waals surface area (Å²) >= 11 is 0. The zero-order chi connectivity index (χ0) is 13.4. The number of carboxylic acid groups (broad SMARTS) is 1. The highest BCUT2D eigenvalue weighted by molar-refractivity contribution is 6.08. The average molecular weight is 253 g/mol. The van der Waals surface area contributed by atoms with Crippen LogP contribution in [-0.4, -0.2) is 15.6 Å². The van der Waals surface area contributed by atoms with Crippen molar-refractivity contribution in [3.05, 3.63) is 48.0 Å². The summed E-state index contributed by atoms with van der Waals surface area (Å²) in [5.74, 6) is -0.793. The fourth-order valence-corrected chi connectivity index (χ4v) is 2.73. The third kappa shape index (κ3) is 1.87. The van der Waals surface area contributed by atoms with Gasteiger partial charge in [-0.05, 0) is 30.7 Å². The summed E-state index contributed by atoms with van der Waals surface area (Å²) in [6.07, 6.45) is 0.0710. The summed E-state index contributed by atoms with van der Waals surface area (Å²) in [5.41, 5.74) is 3.21. The molecular formula is C16H15NO2. The van der Waals surface area contributed by atoms with Crippen LogP contribution in [0.3, 0.4) is 0 Å². The number of para-hydroxylation sites is 1. The lowest BCUT2D eigenvalue weighted by Crippen LogP contribution is -1.99. The SMILES string of the molecule is CCn1c2ccccc2c2cc(CC(=O)O)ccc21. The van der Waals surface area contributed by atoms with Gasteiger partial charge >= 0.3 is 5.97 Å². The molecule has 0 radical (unpaired) electrons. The summed E-state index contributed by atoms with van der Waals surface area (Å²) in [6.45, 7) is 3.03. The summed E-state index contributed by atoms with van der Waals surface area (Å²) in [7, 11) is 0. The van der Waals surface area contributed by atoms with Gasteiger partial charge in [-0.15, -0.1) is 0 Å². The quantitative estimate of drug-likeness (QED) is 0.777. The summed E-state index contributed by atoms with van der Waals surface area (Å²) in [5, 5.41) is 11.2. The molecule has 0 saturated heterocycles. The molecule has 3 aromatic rings. The molecule has 0 fully saturated rings. The normalized spacial score (nSPS) is 11.2. The number of hydrogen-bond donors (Lipinski definition) is 1. The lowest BCUT2D eigenvalue weighted by molar-refractivity contribution is -0.136. The van der Waals surface area contributed by atoms with Crippen molar-refractivity contribution in [3.8, 4) is 0 Å². The van der Waals surface area contributed by atoms with Crippen LogP contribution in [-0.2, 0) is 17.8 Å². The summed E-state index contributed by atoms with van der Waals surface area (Å²) < 4.78 is 2.26. The predicted octanol–water partition coefficient (Wildman–Crippen LogP) is 3.44. The van der Waals surface area contributed by atoms with Gasteiger partial charge in [0.15, 0.2) is 0 Å². The molecule has 0 amide bonds. The second-order valence-electron chi connectivity index (χ2n) is 4.68. The van der Waals surface area contributed by atoms with Gasteiger partial charge in [0.1, 0.15) is 0 Å². The second kappa shape index (κ2) is 4.43. The molecule has 0 unspecified atom stereocenters. The number of benzene rings is 2. The maximum absolute atomic E-state index is 10.8. The standard InChI is InChI=1S/C16H15NO2/c1-2-17-14-6-4-3-5-12(14)13-9-11(10-16(18)19)7-8-15(13)17/h3-9H,2,10H2,1H3,(H,18,19). The van der Waals surface area contributed by atoms with Gasteiger partial charge in [0.05, 0.1) is 6.42 Å². The molecule has 0 spiro atoms. The van der Waals surface area contributed by atoms with E-state index in [9.17, 15) is 4.79 Å². The highest BCUT2D eigenvalue weighted by Gasteiger charge is 2.10. The molecule has 0 aliphatic heterocycles. The van der Waals surface area contributed by atoms with Gasteiger partial charge < -0.3 is 9.67 Å². The van der Waals surface area contributed by atoms with Crippen molar-refractivity contribution in [1.29, 1.82) is 0 Å². The number of carboxylic acids is 1. The lowest BCUT2D eigenvalue weighted by Gasteiger charge is -2.03. The molecule has 1 heterocycles. The van der Waals surface area contributed by atoms with Crippen LogP contribution >= 0.6 is 0 Å². The van der Waals surface area contributed by atoms with E-state index < -0.39 is 5.97 Å². The van der Waals surface area contributed by atoms with E-state index in [1.54, 1.807) is 0 Å². The number of aliphatic carboxylic acids is 1. The predicted molar refractivity (Wildman–Crippen MR) is 76.5 cm³/mol. The van der Waals surface area contributed by atoms with Crippen LogP contribution in [0, 0.1) is 0 Å². The molecule has 3 nitrogen and oxygen atoms in total. The summed E-state index contributed by atoms with van der Waals surface area (Å²) in [4.78, 5) is 10.8. The van der Waals surface area contributed by atoms with E-state index in [-0.39, 0.29) is 6.42 Å². The van der Waals surface area contributed by atoms with Crippen LogP contribution in [0.15, 0.2) is 42.5 Å². The molecule has 0 bridgehead atoms. The smallest absolute Gasteiger partial charge is 0.307 e. The van der Waals surface area contributed by atoms with Crippen LogP contribution in [0.25, 0.3) is 21.8 Å². The molecule has 3 rings (SSSR count). The zero-order valence-corrected chi connectivity index (χ0v) is 10.8. The molecule has 1 aromatic heterocycles. The Kier molecular flexibility index (Phi) is 2.75. The molecule has 2 aromatic carbocycles. The number of fused-ring (bicyclic) bond motifs is 3. The molecule has 19 heavy (non-hydrogen) atoms. The van der Waals surface area contributed by atoms with E-state index in [0.717, 1.165) is 23.0 Å². The molecule has 1 N–H and O–H groups in total. The number of aryl methyl sites for hydroxylation is 1. The molecule has 0 saturated carbocycles. The van der Waals surface area contributed by atoms with Crippen molar-refractivity contribution in [3.63, 3.8) is 0 Å². The maximum atomic E-state index is 10.8. The number of nitrogens with zero attached hydrogens (tertiary/aromatic N) is 1. The zero-order valence-electron chi connectivity index (χ0n) is 10.8. The monoisotopic (exact) mass is 253 g/mol. The Morgan fingerprint density at radius 1 is 1.11 bits per heavy atom. The van der Waals surface area contributed by atoms with Gasteiger partial charge in [-0.3, -0.25) is 4.79 Å². The number of carbonyl (C=O) groups is 1. The molecular weight excluding hydrogens is 238 g/mol. The second-order valence-corrected chi connectivity index (χ2v) is 4.68. The topological polar surface area (TPSA) is 42.2 Å².